The third kappa shape index (κ3) is 4.77. The van der Waals surface area contributed by atoms with Gasteiger partial charge in [0.25, 0.3) is 0 Å². The summed E-state index contributed by atoms with van der Waals surface area (Å²) in [6.45, 7) is 11.3. The molecule has 1 unspecified atom stereocenters. The quantitative estimate of drug-likeness (QED) is 0.804. The van der Waals surface area contributed by atoms with Crippen molar-refractivity contribution in [3.63, 3.8) is 0 Å². The Kier molecular flexibility index (Phi) is 4.71. The molecule has 0 aromatic carbocycles. The van der Waals surface area contributed by atoms with Gasteiger partial charge in [-0.1, -0.05) is 41.5 Å². The van der Waals surface area contributed by atoms with Crippen molar-refractivity contribution in [2.24, 2.45) is 16.7 Å². The first-order valence-electron chi connectivity index (χ1n) is 5.72. The Morgan fingerprint density at radius 3 is 1.75 bits per heavy atom. The first-order chi connectivity index (χ1) is 6.96. The monoisotopic (exact) mass is 228 g/mol. The molecule has 0 aromatic heterocycles. The second-order valence-electron chi connectivity index (χ2n) is 6.47. The van der Waals surface area contributed by atoms with Crippen molar-refractivity contribution in [1.29, 1.82) is 0 Å². The minimum Gasteiger partial charge on any atom is -0.481 e. The van der Waals surface area contributed by atoms with Crippen LogP contribution in [0.2, 0.25) is 0 Å². The van der Waals surface area contributed by atoms with Crippen LogP contribution in [0, 0.1) is 16.7 Å². The fraction of sp³-hybridized carbons (Fsp3) is 0.846. The average Bonchev–Trinajstić information content (AvgIpc) is 1.98. The summed E-state index contributed by atoms with van der Waals surface area (Å²) < 4.78 is 0. The molecule has 0 rings (SSSR count). The molecule has 0 amide bonds. The molecule has 3 heteroatoms. The number of carboxylic acids is 1. The van der Waals surface area contributed by atoms with E-state index in [-0.39, 0.29) is 16.6 Å². The lowest BCUT2D eigenvalue weighted by Crippen LogP contribution is -2.30. The Bertz CT molecular complexity index is 266. The predicted molar refractivity (Wildman–Crippen MR) is 64.3 cm³/mol. The third-order valence-electron chi connectivity index (χ3n) is 2.84. The van der Waals surface area contributed by atoms with E-state index in [2.05, 4.69) is 0 Å². The van der Waals surface area contributed by atoms with Crippen LogP contribution in [-0.2, 0) is 9.59 Å². The minimum absolute atomic E-state index is 0.128. The standard InChI is InChI=1S/C13H24O3/c1-12(2,3)9(11(15)16)7-8-10(14)13(4,5)6/h9H,7-8H2,1-6H3,(H,15,16). The van der Waals surface area contributed by atoms with E-state index in [0.29, 0.717) is 12.8 Å². The highest BCUT2D eigenvalue weighted by molar-refractivity contribution is 5.84. The van der Waals surface area contributed by atoms with Crippen molar-refractivity contribution in [1.82, 2.24) is 0 Å². The van der Waals surface area contributed by atoms with Crippen LogP contribution in [0.25, 0.3) is 0 Å². The van der Waals surface area contributed by atoms with Gasteiger partial charge in [0, 0.05) is 11.8 Å². The number of Topliss-reactive ketones (excluding diaryl/α,β-unsaturated/α-hetero) is 1. The first kappa shape index (κ1) is 15.1. The topological polar surface area (TPSA) is 54.4 Å². The summed E-state index contributed by atoms with van der Waals surface area (Å²) >= 11 is 0. The highest BCUT2D eigenvalue weighted by atomic mass is 16.4. The minimum atomic E-state index is -0.811. The maximum Gasteiger partial charge on any atom is 0.307 e. The van der Waals surface area contributed by atoms with Gasteiger partial charge < -0.3 is 5.11 Å². The molecule has 0 radical (unpaired) electrons. The Balaban J connectivity index is 4.48. The second kappa shape index (κ2) is 4.98. The van der Waals surface area contributed by atoms with E-state index in [1.165, 1.54) is 0 Å². The number of hydrogen-bond acceptors (Lipinski definition) is 2. The number of carbonyl (C=O) groups is 2. The molecule has 0 aliphatic carbocycles. The van der Waals surface area contributed by atoms with Crippen molar-refractivity contribution in [3.8, 4) is 0 Å². The number of hydrogen-bond donors (Lipinski definition) is 1. The van der Waals surface area contributed by atoms with E-state index in [1.807, 2.05) is 41.5 Å². The summed E-state index contributed by atoms with van der Waals surface area (Å²) in [6, 6.07) is 0. The zero-order valence-corrected chi connectivity index (χ0v) is 11.3. The first-order valence-corrected chi connectivity index (χ1v) is 5.72. The van der Waals surface area contributed by atoms with E-state index in [0.717, 1.165) is 0 Å². The van der Waals surface area contributed by atoms with Gasteiger partial charge in [0.15, 0.2) is 0 Å². The van der Waals surface area contributed by atoms with Crippen molar-refractivity contribution in [2.75, 3.05) is 0 Å². The van der Waals surface area contributed by atoms with Gasteiger partial charge in [0.05, 0.1) is 5.92 Å². The van der Waals surface area contributed by atoms with Gasteiger partial charge in [-0.2, -0.15) is 0 Å². The van der Waals surface area contributed by atoms with Crippen LogP contribution in [0.3, 0.4) is 0 Å². The van der Waals surface area contributed by atoms with E-state index < -0.39 is 11.9 Å². The van der Waals surface area contributed by atoms with Gasteiger partial charge in [-0.05, 0) is 11.8 Å². The summed E-state index contributed by atoms with van der Waals surface area (Å²) in [5.41, 5.74) is -0.676. The maximum absolute atomic E-state index is 11.7. The van der Waals surface area contributed by atoms with Crippen molar-refractivity contribution in [2.45, 2.75) is 54.4 Å². The molecule has 0 bridgehead atoms. The fourth-order valence-electron chi connectivity index (χ4n) is 1.58. The lowest BCUT2D eigenvalue weighted by Gasteiger charge is -2.27. The molecule has 0 saturated carbocycles. The molecule has 1 atom stereocenters. The van der Waals surface area contributed by atoms with E-state index >= 15 is 0 Å². The van der Waals surface area contributed by atoms with Crippen LogP contribution in [0.15, 0.2) is 0 Å². The van der Waals surface area contributed by atoms with Gasteiger partial charge >= 0.3 is 5.97 Å². The molecule has 0 fully saturated rings. The lowest BCUT2D eigenvalue weighted by atomic mass is 9.76. The predicted octanol–water partition coefficient (Wildman–Crippen LogP) is 3.13. The highest BCUT2D eigenvalue weighted by Gasteiger charge is 2.32. The van der Waals surface area contributed by atoms with E-state index in [4.69, 9.17) is 5.11 Å². The largest absolute Gasteiger partial charge is 0.481 e. The smallest absolute Gasteiger partial charge is 0.307 e. The number of carboxylic acid groups (broad SMARTS) is 1. The zero-order chi connectivity index (χ0) is 13.1. The lowest BCUT2D eigenvalue weighted by molar-refractivity contribution is -0.146. The molecule has 3 nitrogen and oxygen atoms in total. The summed E-state index contributed by atoms with van der Waals surface area (Å²) in [5.74, 6) is -1.14. The zero-order valence-electron chi connectivity index (χ0n) is 11.3. The van der Waals surface area contributed by atoms with Gasteiger partial charge in [0.2, 0.25) is 0 Å². The molecule has 94 valence electrons. The number of carbonyl (C=O) groups excluding carboxylic acids is 1. The van der Waals surface area contributed by atoms with Crippen LogP contribution in [-0.4, -0.2) is 16.9 Å². The van der Waals surface area contributed by atoms with Crippen molar-refractivity contribution >= 4 is 11.8 Å². The van der Waals surface area contributed by atoms with E-state index in [1.54, 1.807) is 0 Å². The molecular weight excluding hydrogens is 204 g/mol. The van der Waals surface area contributed by atoms with Gasteiger partial charge in [-0.25, -0.2) is 0 Å². The van der Waals surface area contributed by atoms with Gasteiger partial charge in [-0.15, -0.1) is 0 Å². The van der Waals surface area contributed by atoms with E-state index in [9.17, 15) is 9.59 Å². The number of ketones is 1. The normalized spacial score (nSPS) is 14.6. The number of rotatable bonds is 4. The molecule has 0 aromatic rings. The van der Waals surface area contributed by atoms with Crippen LogP contribution < -0.4 is 0 Å². The SMILES string of the molecule is CC(C)(C)C(=O)CCC(C(=O)O)C(C)(C)C. The average molecular weight is 228 g/mol. The van der Waals surface area contributed by atoms with Gasteiger partial charge in [0.1, 0.15) is 5.78 Å². The van der Waals surface area contributed by atoms with Crippen LogP contribution in [0.4, 0.5) is 0 Å². The summed E-state index contributed by atoms with van der Waals surface area (Å²) in [4.78, 5) is 22.8. The Labute approximate surface area is 98.2 Å². The maximum atomic E-state index is 11.7. The van der Waals surface area contributed by atoms with Crippen LogP contribution in [0.5, 0.6) is 0 Å². The Morgan fingerprint density at radius 1 is 1.06 bits per heavy atom. The summed E-state index contributed by atoms with van der Waals surface area (Å²) in [6.07, 6.45) is 0.771. The molecular formula is C13H24O3. The molecule has 0 heterocycles. The summed E-state index contributed by atoms with van der Waals surface area (Å²) in [5, 5.41) is 9.11. The Hall–Kier alpha value is -0.860. The Morgan fingerprint density at radius 2 is 1.50 bits per heavy atom. The molecule has 0 saturated heterocycles. The van der Waals surface area contributed by atoms with Crippen LogP contribution >= 0.6 is 0 Å². The third-order valence-corrected chi connectivity index (χ3v) is 2.84. The summed E-state index contributed by atoms with van der Waals surface area (Å²) in [7, 11) is 0. The molecule has 0 spiro atoms. The molecule has 1 N–H and O–H groups in total. The van der Waals surface area contributed by atoms with Gasteiger partial charge in [-0.3, -0.25) is 9.59 Å². The molecule has 16 heavy (non-hydrogen) atoms. The van der Waals surface area contributed by atoms with Crippen LogP contribution in [0.1, 0.15) is 54.4 Å². The van der Waals surface area contributed by atoms with Crippen molar-refractivity contribution in [3.05, 3.63) is 0 Å². The number of aliphatic carboxylic acids is 1. The highest BCUT2D eigenvalue weighted by Crippen LogP contribution is 2.31. The van der Waals surface area contributed by atoms with Crippen molar-refractivity contribution < 1.29 is 14.7 Å². The molecule has 0 aliphatic heterocycles. The second-order valence-corrected chi connectivity index (χ2v) is 6.47. The molecule has 0 aliphatic rings. The fourth-order valence-corrected chi connectivity index (χ4v) is 1.58.